The van der Waals surface area contributed by atoms with E-state index >= 15 is 0 Å². The average Bonchev–Trinajstić information content (AvgIpc) is 3.26. The van der Waals surface area contributed by atoms with Gasteiger partial charge in [0.2, 0.25) is 5.88 Å². The first-order valence-corrected chi connectivity index (χ1v) is 14.6. The van der Waals surface area contributed by atoms with Crippen LogP contribution in [0, 0.1) is 0 Å². The Morgan fingerprint density at radius 1 is 1.10 bits per heavy atom. The van der Waals surface area contributed by atoms with Crippen molar-refractivity contribution in [2.75, 3.05) is 12.3 Å². The van der Waals surface area contributed by atoms with E-state index in [4.69, 9.17) is 29.2 Å². The first-order valence-electron chi connectivity index (χ1n) is 13.1. The summed E-state index contributed by atoms with van der Waals surface area (Å²) in [6, 6.07) is 11.6. The summed E-state index contributed by atoms with van der Waals surface area (Å²) < 4.78 is 38.6. The molecular formula is C27H35N6O6P. The highest BCUT2D eigenvalue weighted by Gasteiger charge is 2.35. The standard InChI is InChI=1S/C27H35N6O6P/c1-6-36-16-22-31-24-25(20-11-7-8-12-21(20)30-26(24)28)33(22)15-18(4)38-40(35,39-23-13-9-10-14-29-23)32-19(5)27(34)37-17(2)3/h7-14,17-19H,6,15-16H2,1-5H3,(H2,28,30)(H,32,35)/t18-,19+,40?/m1/s1. The molecule has 40 heavy (non-hydrogen) atoms. The van der Waals surface area contributed by atoms with Gasteiger partial charge in [-0.15, -0.1) is 0 Å². The van der Waals surface area contributed by atoms with E-state index in [0.717, 1.165) is 10.9 Å². The van der Waals surface area contributed by atoms with E-state index in [-0.39, 0.29) is 25.1 Å². The molecule has 214 valence electrons. The molecule has 0 fully saturated rings. The number of nitrogen functional groups attached to an aromatic ring is 1. The van der Waals surface area contributed by atoms with Gasteiger partial charge in [0.1, 0.15) is 24.0 Å². The van der Waals surface area contributed by atoms with Crippen molar-refractivity contribution in [1.29, 1.82) is 0 Å². The Morgan fingerprint density at radius 3 is 2.55 bits per heavy atom. The summed E-state index contributed by atoms with van der Waals surface area (Å²) in [7, 11) is -4.14. The number of fused-ring (bicyclic) bond motifs is 3. The Labute approximate surface area is 232 Å². The molecule has 0 amide bonds. The molecule has 3 aromatic heterocycles. The number of pyridine rings is 2. The second-order valence-corrected chi connectivity index (χ2v) is 11.1. The van der Waals surface area contributed by atoms with Crippen molar-refractivity contribution >= 4 is 41.5 Å². The zero-order chi connectivity index (χ0) is 28.9. The predicted octanol–water partition coefficient (Wildman–Crippen LogP) is 4.62. The van der Waals surface area contributed by atoms with Crippen molar-refractivity contribution in [2.45, 2.75) is 66.0 Å². The maximum atomic E-state index is 14.0. The van der Waals surface area contributed by atoms with Gasteiger partial charge in [0.15, 0.2) is 5.82 Å². The molecule has 0 bridgehead atoms. The highest BCUT2D eigenvalue weighted by atomic mass is 31.2. The monoisotopic (exact) mass is 570 g/mol. The van der Waals surface area contributed by atoms with Gasteiger partial charge in [-0.2, -0.15) is 5.09 Å². The minimum atomic E-state index is -4.14. The molecule has 3 N–H and O–H groups in total. The first-order chi connectivity index (χ1) is 19.1. The normalized spacial score (nSPS) is 14.8. The molecule has 0 aliphatic carbocycles. The summed E-state index contributed by atoms with van der Waals surface area (Å²) in [6.45, 7) is 9.56. The van der Waals surface area contributed by atoms with Gasteiger partial charge in [0, 0.05) is 24.3 Å². The number of para-hydroxylation sites is 1. The minimum Gasteiger partial charge on any atom is -0.462 e. The highest BCUT2D eigenvalue weighted by molar-refractivity contribution is 7.52. The fraction of sp³-hybridized carbons (Fsp3) is 0.407. The van der Waals surface area contributed by atoms with Crippen LogP contribution in [0.1, 0.15) is 40.4 Å². The molecule has 3 atom stereocenters. The number of carbonyl (C=O) groups excluding carboxylic acids is 1. The lowest BCUT2D eigenvalue weighted by molar-refractivity contribution is -0.149. The smallest absolute Gasteiger partial charge is 0.461 e. The van der Waals surface area contributed by atoms with Gasteiger partial charge in [-0.25, -0.2) is 19.5 Å². The van der Waals surface area contributed by atoms with Crippen LogP contribution < -0.4 is 15.3 Å². The number of imidazole rings is 1. The maximum Gasteiger partial charge on any atom is 0.461 e. The number of anilines is 1. The van der Waals surface area contributed by atoms with Gasteiger partial charge < -0.3 is 24.3 Å². The molecular weight excluding hydrogens is 535 g/mol. The largest absolute Gasteiger partial charge is 0.462 e. The van der Waals surface area contributed by atoms with Crippen LogP contribution in [-0.2, 0) is 36.5 Å². The van der Waals surface area contributed by atoms with E-state index in [1.807, 2.05) is 35.8 Å². The summed E-state index contributed by atoms with van der Waals surface area (Å²) in [5.41, 5.74) is 8.30. The average molecular weight is 571 g/mol. The first kappa shape index (κ1) is 29.4. The van der Waals surface area contributed by atoms with Crippen LogP contribution >= 0.6 is 7.75 Å². The van der Waals surface area contributed by atoms with Crippen LogP contribution in [0.4, 0.5) is 5.82 Å². The van der Waals surface area contributed by atoms with Crippen LogP contribution in [-0.4, -0.2) is 50.3 Å². The van der Waals surface area contributed by atoms with Crippen molar-refractivity contribution in [3.05, 3.63) is 54.5 Å². The van der Waals surface area contributed by atoms with E-state index in [9.17, 15) is 9.36 Å². The van der Waals surface area contributed by atoms with Crippen molar-refractivity contribution in [3.63, 3.8) is 0 Å². The Bertz CT molecular complexity index is 1510. The number of ether oxygens (including phenoxy) is 2. The zero-order valence-corrected chi connectivity index (χ0v) is 24.1. The Morgan fingerprint density at radius 2 is 1.85 bits per heavy atom. The number of hydrogen-bond donors (Lipinski definition) is 2. The molecule has 0 radical (unpaired) electrons. The van der Waals surface area contributed by atoms with Gasteiger partial charge in [0.25, 0.3) is 0 Å². The van der Waals surface area contributed by atoms with Crippen molar-refractivity contribution in [3.8, 4) is 5.88 Å². The third kappa shape index (κ3) is 6.95. The van der Waals surface area contributed by atoms with Crippen LogP contribution in [0.25, 0.3) is 21.9 Å². The molecule has 0 saturated carbocycles. The number of rotatable bonds is 13. The summed E-state index contributed by atoms with van der Waals surface area (Å²) >= 11 is 0. The van der Waals surface area contributed by atoms with Crippen LogP contribution in [0.5, 0.6) is 5.88 Å². The fourth-order valence-electron chi connectivity index (χ4n) is 4.16. The second-order valence-electron chi connectivity index (χ2n) is 9.50. The number of nitrogens with one attached hydrogen (secondary N) is 1. The van der Waals surface area contributed by atoms with E-state index in [1.165, 1.54) is 13.1 Å². The third-order valence-corrected chi connectivity index (χ3v) is 7.56. The Hall–Kier alpha value is -3.57. The number of nitrogens with zero attached hydrogens (tertiary/aromatic N) is 4. The van der Waals surface area contributed by atoms with Gasteiger partial charge in [-0.1, -0.05) is 24.3 Å². The Balaban J connectivity index is 1.68. The topological polar surface area (TPSA) is 153 Å². The van der Waals surface area contributed by atoms with E-state index in [2.05, 4.69) is 15.1 Å². The highest BCUT2D eigenvalue weighted by Crippen LogP contribution is 2.46. The molecule has 4 aromatic rings. The second kappa shape index (κ2) is 12.7. The summed E-state index contributed by atoms with van der Waals surface area (Å²) in [4.78, 5) is 25.8. The van der Waals surface area contributed by atoms with Gasteiger partial charge in [0.05, 0.1) is 29.8 Å². The molecule has 4 rings (SSSR count). The van der Waals surface area contributed by atoms with Crippen molar-refractivity contribution in [1.82, 2.24) is 24.6 Å². The van der Waals surface area contributed by atoms with Gasteiger partial charge >= 0.3 is 13.7 Å². The number of benzene rings is 1. The third-order valence-electron chi connectivity index (χ3n) is 5.79. The summed E-state index contributed by atoms with van der Waals surface area (Å²) in [6.07, 6.45) is 0.463. The van der Waals surface area contributed by atoms with E-state index in [1.54, 1.807) is 39.0 Å². The number of nitrogens with two attached hydrogens (primary N) is 1. The summed E-state index contributed by atoms with van der Waals surface area (Å²) in [5, 5.41) is 3.55. The Kier molecular flexibility index (Phi) is 9.36. The lowest BCUT2D eigenvalue weighted by Gasteiger charge is -2.26. The molecule has 1 unspecified atom stereocenters. The number of carbonyl (C=O) groups is 1. The fourth-order valence-corrected chi connectivity index (χ4v) is 5.79. The zero-order valence-electron chi connectivity index (χ0n) is 23.2. The van der Waals surface area contributed by atoms with Crippen LogP contribution in [0.2, 0.25) is 0 Å². The molecule has 13 heteroatoms. The minimum absolute atomic E-state index is 0.0740. The van der Waals surface area contributed by atoms with Crippen LogP contribution in [0.15, 0.2) is 48.7 Å². The van der Waals surface area contributed by atoms with E-state index < -0.39 is 25.9 Å². The van der Waals surface area contributed by atoms with Crippen LogP contribution in [0.3, 0.4) is 0 Å². The molecule has 0 aliphatic heterocycles. The molecule has 3 heterocycles. The van der Waals surface area contributed by atoms with Crippen molar-refractivity contribution < 1.29 is 27.9 Å². The molecule has 12 nitrogen and oxygen atoms in total. The maximum absolute atomic E-state index is 14.0. The molecule has 0 spiro atoms. The summed E-state index contributed by atoms with van der Waals surface area (Å²) in [5.74, 6) is 0.386. The van der Waals surface area contributed by atoms with Crippen molar-refractivity contribution in [2.24, 2.45) is 0 Å². The number of hydrogen-bond acceptors (Lipinski definition) is 10. The molecule has 0 aliphatic rings. The quantitative estimate of drug-likeness (QED) is 0.171. The van der Waals surface area contributed by atoms with E-state index in [0.29, 0.717) is 29.3 Å². The lowest BCUT2D eigenvalue weighted by atomic mass is 10.2. The molecule has 0 saturated heterocycles. The molecule has 1 aromatic carbocycles. The lowest BCUT2D eigenvalue weighted by Crippen LogP contribution is -2.37. The van der Waals surface area contributed by atoms with Gasteiger partial charge in [-0.3, -0.25) is 9.32 Å². The van der Waals surface area contributed by atoms with Gasteiger partial charge in [-0.05, 0) is 46.8 Å². The number of aromatic nitrogens is 4. The SMILES string of the molecule is CCOCc1nc2c(N)nc3ccccc3c2n1C[C@@H](C)OP(=O)(N[C@@H](C)C(=O)OC(C)C)Oc1ccccn1. The predicted molar refractivity (Wildman–Crippen MR) is 152 cm³/mol. The number of esters is 1.